The summed E-state index contributed by atoms with van der Waals surface area (Å²) in [5.41, 5.74) is 3.13. The fraction of sp³-hybridized carbons (Fsp3) is 0.286. The van der Waals surface area contributed by atoms with Crippen molar-refractivity contribution in [2.24, 2.45) is 5.92 Å². The predicted octanol–water partition coefficient (Wildman–Crippen LogP) is 5.77. The standard InChI is InChI=1S/C28H28N2O4S/c1-33-24-17-21(11-12-23(24)34-18-19-7-3-2-4-8-19)26(30-15-13-20(14-16-30)28(31)32)27-29-22-9-5-6-10-25(22)35-27/h2-12,17,20,26H,13-16,18H2,1H3,(H,31,32). The quantitative estimate of drug-likeness (QED) is 0.340. The summed E-state index contributed by atoms with van der Waals surface area (Å²) >= 11 is 1.68. The topological polar surface area (TPSA) is 71.9 Å². The molecule has 0 aliphatic carbocycles. The maximum absolute atomic E-state index is 11.5. The van der Waals surface area contributed by atoms with Gasteiger partial charge in [0, 0.05) is 0 Å². The second-order valence-electron chi connectivity index (χ2n) is 8.76. The Hall–Kier alpha value is -3.42. The van der Waals surface area contributed by atoms with Crippen LogP contribution in [0.1, 0.15) is 35.0 Å². The molecule has 0 spiro atoms. The van der Waals surface area contributed by atoms with E-state index in [2.05, 4.69) is 17.0 Å². The summed E-state index contributed by atoms with van der Waals surface area (Å²) in [5, 5.41) is 10.5. The van der Waals surface area contributed by atoms with Gasteiger partial charge in [-0.1, -0.05) is 48.5 Å². The second-order valence-corrected chi connectivity index (χ2v) is 9.82. The normalized spacial score (nSPS) is 15.7. The Balaban J connectivity index is 1.46. The van der Waals surface area contributed by atoms with Crippen molar-refractivity contribution in [3.8, 4) is 11.5 Å². The molecule has 180 valence electrons. The number of carboxylic acid groups (broad SMARTS) is 1. The smallest absolute Gasteiger partial charge is 0.306 e. The first-order chi connectivity index (χ1) is 17.1. The number of para-hydroxylation sites is 1. The summed E-state index contributed by atoms with van der Waals surface area (Å²) in [7, 11) is 1.65. The van der Waals surface area contributed by atoms with Crippen molar-refractivity contribution in [2.75, 3.05) is 20.2 Å². The molecule has 0 amide bonds. The van der Waals surface area contributed by atoms with E-state index in [1.807, 2.05) is 60.7 Å². The molecule has 0 saturated carbocycles. The average Bonchev–Trinajstić information content (AvgIpc) is 3.32. The highest BCUT2D eigenvalue weighted by Gasteiger charge is 2.32. The van der Waals surface area contributed by atoms with Gasteiger partial charge in [-0.05, 0) is 61.3 Å². The van der Waals surface area contributed by atoms with Crippen LogP contribution in [0.25, 0.3) is 10.2 Å². The number of likely N-dealkylation sites (tertiary alicyclic amines) is 1. The van der Waals surface area contributed by atoms with Crippen LogP contribution in [0.3, 0.4) is 0 Å². The zero-order valence-electron chi connectivity index (χ0n) is 19.6. The maximum Gasteiger partial charge on any atom is 0.306 e. The van der Waals surface area contributed by atoms with E-state index < -0.39 is 5.97 Å². The number of ether oxygens (including phenoxy) is 2. The molecule has 1 aliphatic heterocycles. The zero-order valence-corrected chi connectivity index (χ0v) is 20.4. The van der Waals surface area contributed by atoms with Crippen LogP contribution < -0.4 is 9.47 Å². The number of hydrogen-bond acceptors (Lipinski definition) is 6. The summed E-state index contributed by atoms with van der Waals surface area (Å²) < 4.78 is 12.9. The zero-order chi connectivity index (χ0) is 24.2. The van der Waals surface area contributed by atoms with Crippen molar-refractivity contribution in [1.29, 1.82) is 0 Å². The van der Waals surface area contributed by atoms with E-state index in [4.69, 9.17) is 14.5 Å². The number of rotatable bonds is 8. The molecule has 1 atom stereocenters. The molecule has 35 heavy (non-hydrogen) atoms. The summed E-state index contributed by atoms with van der Waals surface area (Å²) in [6.07, 6.45) is 1.26. The Bertz CT molecular complexity index is 1270. The lowest BCUT2D eigenvalue weighted by Gasteiger charge is -2.36. The Kier molecular flexibility index (Phi) is 6.97. The van der Waals surface area contributed by atoms with E-state index in [0.717, 1.165) is 26.4 Å². The third kappa shape index (κ3) is 5.16. The van der Waals surface area contributed by atoms with Crippen LogP contribution in [0.5, 0.6) is 11.5 Å². The minimum atomic E-state index is -0.706. The number of piperidine rings is 1. The number of nitrogens with zero attached hydrogens (tertiary/aromatic N) is 2. The third-order valence-corrected chi connectivity index (χ3v) is 7.62. The van der Waals surface area contributed by atoms with Gasteiger partial charge in [0.05, 0.1) is 29.3 Å². The summed E-state index contributed by atoms with van der Waals surface area (Å²) in [4.78, 5) is 18.8. The molecule has 1 aromatic heterocycles. The molecule has 0 bridgehead atoms. The fourth-order valence-electron chi connectivity index (χ4n) is 4.63. The SMILES string of the molecule is COc1cc(C(c2nc3ccccc3s2)N2CCC(C(=O)O)CC2)ccc1OCc1ccccc1. The molecule has 4 aromatic rings. The molecule has 1 unspecified atom stereocenters. The van der Waals surface area contributed by atoms with Gasteiger partial charge >= 0.3 is 5.97 Å². The van der Waals surface area contributed by atoms with E-state index in [0.29, 0.717) is 44.0 Å². The van der Waals surface area contributed by atoms with Gasteiger partial charge in [-0.25, -0.2) is 4.98 Å². The van der Waals surface area contributed by atoms with E-state index in [1.54, 1.807) is 18.4 Å². The van der Waals surface area contributed by atoms with Crippen LogP contribution in [-0.4, -0.2) is 41.2 Å². The van der Waals surface area contributed by atoms with E-state index in [1.165, 1.54) is 0 Å². The lowest BCUT2D eigenvalue weighted by atomic mass is 9.94. The number of methoxy groups -OCH3 is 1. The molecule has 2 heterocycles. The van der Waals surface area contributed by atoms with Gasteiger partial charge in [-0.2, -0.15) is 0 Å². The lowest BCUT2D eigenvalue weighted by Crippen LogP contribution is -2.39. The first-order valence-corrected chi connectivity index (χ1v) is 12.6. The van der Waals surface area contributed by atoms with Gasteiger partial charge in [0.2, 0.25) is 0 Å². The average molecular weight is 489 g/mol. The Labute approximate surface area is 208 Å². The number of carbonyl (C=O) groups is 1. The Morgan fingerprint density at radius 2 is 1.80 bits per heavy atom. The van der Waals surface area contributed by atoms with Crippen LogP contribution >= 0.6 is 11.3 Å². The number of carboxylic acids is 1. The van der Waals surface area contributed by atoms with Crippen LogP contribution in [0.15, 0.2) is 72.8 Å². The molecule has 0 radical (unpaired) electrons. The number of thiazole rings is 1. The van der Waals surface area contributed by atoms with E-state index >= 15 is 0 Å². The summed E-state index contributed by atoms with van der Waals surface area (Å²) in [6.45, 7) is 1.86. The number of aromatic nitrogens is 1. The molecule has 1 N–H and O–H groups in total. The second kappa shape index (κ2) is 10.5. The molecule has 1 aliphatic rings. The highest BCUT2D eigenvalue weighted by atomic mass is 32.1. The molecule has 6 nitrogen and oxygen atoms in total. The van der Waals surface area contributed by atoms with Crippen LogP contribution in [0.2, 0.25) is 0 Å². The molecular formula is C28H28N2O4S. The van der Waals surface area contributed by atoms with Crippen LogP contribution in [0.4, 0.5) is 0 Å². The van der Waals surface area contributed by atoms with Crippen molar-refractivity contribution in [2.45, 2.75) is 25.5 Å². The van der Waals surface area contributed by atoms with Crippen molar-refractivity contribution in [3.05, 3.63) is 88.9 Å². The largest absolute Gasteiger partial charge is 0.493 e. The van der Waals surface area contributed by atoms with Crippen LogP contribution in [0, 0.1) is 5.92 Å². The van der Waals surface area contributed by atoms with Gasteiger partial charge < -0.3 is 14.6 Å². The van der Waals surface area contributed by atoms with Crippen molar-refractivity contribution in [3.63, 3.8) is 0 Å². The number of benzene rings is 3. The molecular weight excluding hydrogens is 460 g/mol. The highest BCUT2D eigenvalue weighted by molar-refractivity contribution is 7.18. The van der Waals surface area contributed by atoms with Crippen LogP contribution in [-0.2, 0) is 11.4 Å². The van der Waals surface area contributed by atoms with Gasteiger partial charge in [0.25, 0.3) is 0 Å². The number of aliphatic carboxylic acids is 1. The van der Waals surface area contributed by atoms with Gasteiger partial charge in [-0.15, -0.1) is 11.3 Å². The first-order valence-electron chi connectivity index (χ1n) is 11.8. The minimum Gasteiger partial charge on any atom is -0.493 e. The molecule has 7 heteroatoms. The minimum absolute atomic E-state index is 0.0841. The van der Waals surface area contributed by atoms with E-state index in [9.17, 15) is 9.90 Å². The lowest BCUT2D eigenvalue weighted by molar-refractivity contribution is -0.143. The Morgan fingerprint density at radius 3 is 2.51 bits per heavy atom. The first kappa shape index (κ1) is 23.3. The molecule has 1 saturated heterocycles. The fourth-order valence-corrected chi connectivity index (χ4v) is 5.76. The number of fused-ring (bicyclic) bond motifs is 1. The summed E-state index contributed by atoms with van der Waals surface area (Å²) in [6, 6.07) is 24.2. The van der Waals surface area contributed by atoms with Crippen molar-refractivity contribution >= 4 is 27.5 Å². The highest BCUT2D eigenvalue weighted by Crippen LogP contribution is 2.39. The molecule has 5 rings (SSSR count). The van der Waals surface area contributed by atoms with Gasteiger partial charge in [0.1, 0.15) is 11.6 Å². The van der Waals surface area contributed by atoms with Gasteiger partial charge in [0.15, 0.2) is 11.5 Å². The van der Waals surface area contributed by atoms with Gasteiger partial charge in [-0.3, -0.25) is 9.69 Å². The monoisotopic (exact) mass is 488 g/mol. The molecule has 3 aromatic carbocycles. The molecule has 1 fully saturated rings. The third-order valence-electron chi connectivity index (χ3n) is 6.53. The van der Waals surface area contributed by atoms with E-state index in [-0.39, 0.29) is 12.0 Å². The van der Waals surface area contributed by atoms with Crippen molar-refractivity contribution < 1.29 is 19.4 Å². The summed E-state index contributed by atoms with van der Waals surface area (Å²) in [5.74, 6) is 0.367. The maximum atomic E-state index is 11.5. The Morgan fingerprint density at radius 1 is 1.06 bits per heavy atom. The van der Waals surface area contributed by atoms with Crippen molar-refractivity contribution in [1.82, 2.24) is 9.88 Å². The predicted molar refractivity (Wildman–Crippen MR) is 137 cm³/mol. The number of hydrogen-bond donors (Lipinski definition) is 1.